The molecule has 0 fully saturated rings. The number of hydrogen-bond acceptors (Lipinski definition) is 7. The van der Waals surface area contributed by atoms with Gasteiger partial charge in [0.05, 0.1) is 4.92 Å². The highest BCUT2D eigenvalue weighted by Crippen LogP contribution is 2.34. The number of rotatable bonds is 8. The number of thioether (sulfide) groups is 1. The normalized spacial score (nSPS) is 11.6. The maximum atomic E-state index is 12.0. The lowest BCUT2D eigenvalue weighted by Gasteiger charge is -2.07. The Bertz CT molecular complexity index is 1490. The van der Waals surface area contributed by atoms with Gasteiger partial charge in [-0.25, -0.2) is 4.79 Å². The number of furan rings is 1. The van der Waals surface area contributed by atoms with Crippen molar-refractivity contribution in [3.05, 3.63) is 85.5 Å². The van der Waals surface area contributed by atoms with E-state index in [1.54, 1.807) is 44.2 Å². The van der Waals surface area contributed by atoms with Gasteiger partial charge in [-0.15, -0.1) is 10.2 Å². The minimum absolute atomic E-state index is 0.00401. The summed E-state index contributed by atoms with van der Waals surface area (Å²) in [6.45, 7) is 5.92. The molecule has 1 N–H and O–H groups in total. The number of benzene rings is 2. The van der Waals surface area contributed by atoms with Crippen molar-refractivity contribution in [1.29, 1.82) is 0 Å². The predicted octanol–water partition coefficient (Wildman–Crippen LogP) is 6.62. The maximum absolute atomic E-state index is 12.0. The van der Waals surface area contributed by atoms with E-state index in [1.807, 2.05) is 23.6 Å². The van der Waals surface area contributed by atoms with Crippen LogP contribution >= 0.6 is 23.4 Å². The van der Waals surface area contributed by atoms with Gasteiger partial charge in [0.25, 0.3) is 5.69 Å². The van der Waals surface area contributed by atoms with Gasteiger partial charge >= 0.3 is 5.97 Å². The van der Waals surface area contributed by atoms with E-state index in [0.717, 1.165) is 22.9 Å². The fourth-order valence-corrected chi connectivity index (χ4v) is 4.57. The molecule has 4 aromatic rings. The molecule has 0 bridgehead atoms. The predicted molar refractivity (Wildman–Crippen MR) is 138 cm³/mol. The van der Waals surface area contributed by atoms with Crippen molar-refractivity contribution in [3.63, 3.8) is 0 Å². The molecule has 0 saturated carbocycles. The second kappa shape index (κ2) is 10.4. The van der Waals surface area contributed by atoms with Crippen molar-refractivity contribution >= 4 is 41.1 Å². The number of nitrogens with zero attached hydrogens (tertiary/aromatic N) is 4. The van der Waals surface area contributed by atoms with E-state index < -0.39 is 10.9 Å². The lowest BCUT2D eigenvalue weighted by atomic mass is 10.0. The third kappa shape index (κ3) is 5.19. The zero-order valence-electron chi connectivity index (χ0n) is 19.6. The zero-order chi connectivity index (χ0) is 26.0. The van der Waals surface area contributed by atoms with E-state index >= 15 is 0 Å². The Morgan fingerprint density at radius 3 is 2.53 bits per heavy atom. The molecule has 0 spiro atoms. The molecule has 0 radical (unpaired) electrons. The molecule has 0 amide bonds. The lowest BCUT2D eigenvalue weighted by molar-refractivity contribution is -0.385. The molecule has 4 rings (SSSR count). The second-order valence-corrected chi connectivity index (χ2v) is 9.32. The summed E-state index contributed by atoms with van der Waals surface area (Å²) in [5.74, 6) is 0.122. The van der Waals surface area contributed by atoms with Crippen LogP contribution in [0.1, 0.15) is 23.8 Å². The Hall–Kier alpha value is -3.89. The van der Waals surface area contributed by atoms with Gasteiger partial charge in [0.2, 0.25) is 0 Å². The highest BCUT2D eigenvalue weighted by molar-refractivity contribution is 8.04. The summed E-state index contributed by atoms with van der Waals surface area (Å²) in [6.07, 6.45) is 1.39. The van der Waals surface area contributed by atoms with Crippen LogP contribution in [0.25, 0.3) is 28.8 Å². The van der Waals surface area contributed by atoms with Gasteiger partial charge < -0.3 is 14.1 Å². The fraction of sp³-hybridized carbons (Fsp3) is 0.160. The van der Waals surface area contributed by atoms with Crippen LogP contribution in [0.15, 0.2) is 63.0 Å². The summed E-state index contributed by atoms with van der Waals surface area (Å²) in [5, 5.41) is 30.7. The molecular formula is C25H21ClN4O5S. The third-order valence-corrected chi connectivity index (χ3v) is 6.82. The number of nitro groups is 1. The van der Waals surface area contributed by atoms with E-state index in [0.29, 0.717) is 39.4 Å². The van der Waals surface area contributed by atoms with E-state index in [-0.39, 0.29) is 16.4 Å². The number of carboxylic acid groups (broad SMARTS) is 1. The highest BCUT2D eigenvalue weighted by atomic mass is 35.5. The van der Waals surface area contributed by atoms with Gasteiger partial charge in [0.1, 0.15) is 16.4 Å². The quantitative estimate of drug-likeness (QED) is 0.118. The first kappa shape index (κ1) is 25.2. The number of nitro benzene ring substituents is 1. The molecule has 0 atom stereocenters. The van der Waals surface area contributed by atoms with Gasteiger partial charge in [-0.05, 0) is 80.6 Å². The van der Waals surface area contributed by atoms with Crippen LogP contribution in [0.5, 0.6) is 0 Å². The first-order valence-electron chi connectivity index (χ1n) is 10.9. The molecule has 0 saturated heterocycles. The summed E-state index contributed by atoms with van der Waals surface area (Å²) in [4.78, 5) is 23.0. The maximum Gasteiger partial charge on any atom is 0.342 e. The smallest absolute Gasteiger partial charge is 0.342 e. The fourth-order valence-electron chi connectivity index (χ4n) is 3.58. The van der Waals surface area contributed by atoms with Crippen molar-refractivity contribution in [3.8, 4) is 22.7 Å². The SMILES string of the molecule is CCn1c(S/C(=C\c2ccc(-c3cc(C)c(C)c([N+](=O)[O-])c3)o2)C(=O)O)nnc1-c1ccc(Cl)cc1. The Morgan fingerprint density at radius 1 is 1.17 bits per heavy atom. The Morgan fingerprint density at radius 2 is 1.89 bits per heavy atom. The standard InChI is InChI=1S/C25H21ClN4O5S/c1-4-29-23(16-5-7-18(26)8-6-16)27-28-25(29)36-22(24(31)32)13-19-9-10-21(35-19)17-11-14(2)15(3)20(12-17)30(33)34/h5-13H,4H2,1-3H3,(H,31,32)/b22-13-. The van der Waals surface area contributed by atoms with E-state index in [4.69, 9.17) is 16.0 Å². The van der Waals surface area contributed by atoms with Crippen LogP contribution < -0.4 is 0 Å². The molecular weight excluding hydrogens is 504 g/mol. The van der Waals surface area contributed by atoms with Crippen molar-refractivity contribution in [2.24, 2.45) is 0 Å². The van der Waals surface area contributed by atoms with Crippen LogP contribution in [0.4, 0.5) is 5.69 Å². The Balaban J connectivity index is 1.65. The molecule has 9 nitrogen and oxygen atoms in total. The Labute approximate surface area is 215 Å². The first-order chi connectivity index (χ1) is 17.2. The lowest BCUT2D eigenvalue weighted by Crippen LogP contribution is -2.02. The molecule has 36 heavy (non-hydrogen) atoms. The molecule has 2 heterocycles. The second-order valence-electron chi connectivity index (χ2n) is 7.87. The van der Waals surface area contributed by atoms with Crippen molar-refractivity contribution in [2.45, 2.75) is 32.5 Å². The van der Waals surface area contributed by atoms with E-state index in [9.17, 15) is 20.0 Å². The third-order valence-electron chi connectivity index (χ3n) is 5.57. The average Bonchev–Trinajstić information content (AvgIpc) is 3.47. The summed E-state index contributed by atoms with van der Waals surface area (Å²) >= 11 is 6.93. The molecule has 0 unspecified atom stereocenters. The molecule has 0 aliphatic rings. The van der Waals surface area contributed by atoms with Crippen LogP contribution in [0.3, 0.4) is 0 Å². The summed E-state index contributed by atoms with van der Waals surface area (Å²) in [6, 6.07) is 13.7. The summed E-state index contributed by atoms with van der Waals surface area (Å²) in [5.41, 5.74) is 2.67. The number of hydrogen-bond donors (Lipinski definition) is 1. The van der Waals surface area contributed by atoms with Gasteiger partial charge in [0, 0.05) is 40.4 Å². The van der Waals surface area contributed by atoms with Crippen molar-refractivity contribution in [1.82, 2.24) is 14.8 Å². The monoisotopic (exact) mass is 524 g/mol. The van der Waals surface area contributed by atoms with Crippen LogP contribution in [-0.4, -0.2) is 30.8 Å². The molecule has 184 valence electrons. The minimum atomic E-state index is -1.15. The van der Waals surface area contributed by atoms with Crippen LogP contribution in [0.2, 0.25) is 5.02 Å². The Kier molecular flexibility index (Phi) is 7.27. The summed E-state index contributed by atoms with van der Waals surface area (Å²) < 4.78 is 7.64. The van der Waals surface area contributed by atoms with Crippen molar-refractivity contribution in [2.75, 3.05) is 0 Å². The number of aliphatic carboxylic acids is 1. The van der Waals surface area contributed by atoms with E-state index in [2.05, 4.69) is 10.2 Å². The van der Waals surface area contributed by atoms with Crippen LogP contribution in [0, 0.1) is 24.0 Å². The topological polar surface area (TPSA) is 124 Å². The van der Waals surface area contributed by atoms with Gasteiger partial charge in [-0.2, -0.15) is 0 Å². The number of halogens is 1. The minimum Gasteiger partial charge on any atom is -0.477 e. The average molecular weight is 525 g/mol. The van der Waals surface area contributed by atoms with Crippen LogP contribution in [-0.2, 0) is 11.3 Å². The largest absolute Gasteiger partial charge is 0.477 e. The zero-order valence-corrected chi connectivity index (χ0v) is 21.1. The number of carboxylic acids is 1. The number of carbonyl (C=O) groups is 1. The van der Waals surface area contributed by atoms with Gasteiger partial charge in [-0.3, -0.25) is 10.1 Å². The molecule has 2 aromatic carbocycles. The highest BCUT2D eigenvalue weighted by Gasteiger charge is 2.20. The van der Waals surface area contributed by atoms with Gasteiger partial charge in [0.15, 0.2) is 11.0 Å². The first-order valence-corrected chi connectivity index (χ1v) is 12.0. The summed E-state index contributed by atoms with van der Waals surface area (Å²) in [7, 11) is 0. The van der Waals surface area contributed by atoms with E-state index in [1.165, 1.54) is 12.1 Å². The van der Waals surface area contributed by atoms with Gasteiger partial charge in [-0.1, -0.05) is 11.6 Å². The molecule has 2 aromatic heterocycles. The van der Waals surface area contributed by atoms with Crippen molar-refractivity contribution < 1.29 is 19.2 Å². The molecule has 0 aliphatic heterocycles. The molecule has 11 heteroatoms. The molecule has 0 aliphatic carbocycles. The number of aryl methyl sites for hydroxylation is 1. The number of aromatic nitrogens is 3.